The minimum atomic E-state index is -0.449. The molecule has 8 heteroatoms. The first kappa shape index (κ1) is 16.8. The predicted molar refractivity (Wildman–Crippen MR) is 100 cm³/mol. The molecule has 0 unspecified atom stereocenters. The molecular formula is C16H12BrN3O2S2. The van der Waals surface area contributed by atoms with Gasteiger partial charge in [-0.05, 0) is 29.8 Å². The summed E-state index contributed by atoms with van der Waals surface area (Å²) in [7, 11) is 0. The summed E-state index contributed by atoms with van der Waals surface area (Å²) in [6.07, 6.45) is 0.0685. The van der Waals surface area contributed by atoms with Crippen LogP contribution in [0, 0.1) is 0 Å². The largest absolute Gasteiger partial charge is 0.369 e. The van der Waals surface area contributed by atoms with Gasteiger partial charge in [0.05, 0.1) is 17.0 Å². The van der Waals surface area contributed by atoms with E-state index in [1.165, 1.54) is 22.7 Å². The van der Waals surface area contributed by atoms with E-state index in [1.807, 2.05) is 30.3 Å². The average Bonchev–Trinajstić information content (AvgIpc) is 3.17. The summed E-state index contributed by atoms with van der Waals surface area (Å²) in [4.78, 5) is 29.0. The fraction of sp³-hybridized carbons (Fsp3) is 0.0625. The Labute approximate surface area is 154 Å². The smallest absolute Gasteiger partial charge is 0.267 e. The molecule has 0 saturated carbocycles. The molecule has 0 spiro atoms. The highest BCUT2D eigenvalue weighted by atomic mass is 79.9. The van der Waals surface area contributed by atoms with Gasteiger partial charge in [-0.3, -0.25) is 14.9 Å². The van der Waals surface area contributed by atoms with Crippen LogP contribution in [0.4, 0.5) is 5.13 Å². The van der Waals surface area contributed by atoms with Crippen LogP contribution < -0.4 is 11.1 Å². The minimum absolute atomic E-state index is 0.0685. The summed E-state index contributed by atoms with van der Waals surface area (Å²) in [5.41, 5.74) is 6.75. The number of nitrogens with one attached hydrogen (secondary N) is 1. The van der Waals surface area contributed by atoms with E-state index in [9.17, 15) is 9.59 Å². The van der Waals surface area contributed by atoms with Crippen LogP contribution in [-0.4, -0.2) is 16.8 Å². The highest BCUT2D eigenvalue weighted by molar-refractivity contribution is 9.10. The van der Waals surface area contributed by atoms with Gasteiger partial charge in [0.25, 0.3) is 5.91 Å². The van der Waals surface area contributed by atoms with Crippen molar-refractivity contribution >= 4 is 55.5 Å². The maximum atomic E-state index is 12.3. The topological polar surface area (TPSA) is 85.1 Å². The number of carbonyl (C=O) groups is 2. The molecule has 5 nitrogen and oxygen atoms in total. The van der Waals surface area contributed by atoms with E-state index in [0.29, 0.717) is 15.7 Å². The predicted octanol–water partition coefficient (Wildman–Crippen LogP) is 3.91. The number of aromatic nitrogens is 1. The van der Waals surface area contributed by atoms with Gasteiger partial charge in [-0.15, -0.1) is 22.7 Å². The lowest BCUT2D eigenvalue weighted by Crippen LogP contribution is -2.14. The van der Waals surface area contributed by atoms with Crippen LogP contribution in [0.2, 0.25) is 0 Å². The van der Waals surface area contributed by atoms with Crippen molar-refractivity contribution in [3.8, 4) is 10.4 Å². The summed E-state index contributed by atoms with van der Waals surface area (Å²) < 4.78 is 1.01. The third-order valence-corrected chi connectivity index (χ3v) is 5.55. The molecular weight excluding hydrogens is 410 g/mol. The minimum Gasteiger partial charge on any atom is -0.369 e. The number of thiazole rings is 1. The van der Waals surface area contributed by atoms with Crippen LogP contribution in [0.5, 0.6) is 0 Å². The van der Waals surface area contributed by atoms with E-state index in [-0.39, 0.29) is 12.3 Å². The summed E-state index contributed by atoms with van der Waals surface area (Å²) in [6, 6.07) is 11.6. The molecule has 2 heterocycles. The van der Waals surface area contributed by atoms with Crippen molar-refractivity contribution in [3.63, 3.8) is 0 Å². The maximum Gasteiger partial charge on any atom is 0.267 e. The van der Waals surface area contributed by atoms with Crippen molar-refractivity contribution in [1.29, 1.82) is 0 Å². The van der Waals surface area contributed by atoms with Crippen molar-refractivity contribution in [2.45, 2.75) is 6.42 Å². The monoisotopic (exact) mass is 421 g/mol. The van der Waals surface area contributed by atoms with Crippen LogP contribution in [-0.2, 0) is 11.2 Å². The molecule has 0 aliphatic rings. The Balaban J connectivity index is 1.70. The average molecular weight is 422 g/mol. The fourth-order valence-electron chi connectivity index (χ4n) is 2.01. The van der Waals surface area contributed by atoms with E-state index in [4.69, 9.17) is 5.73 Å². The third kappa shape index (κ3) is 4.08. The lowest BCUT2D eigenvalue weighted by molar-refractivity contribution is -0.117. The van der Waals surface area contributed by atoms with Gasteiger partial charge in [0.15, 0.2) is 5.13 Å². The van der Waals surface area contributed by atoms with E-state index in [2.05, 4.69) is 26.2 Å². The van der Waals surface area contributed by atoms with E-state index < -0.39 is 5.91 Å². The number of hydrogen-bond donors (Lipinski definition) is 2. The molecule has 24 heavy (non-hydrogen) atoms. The highest BCUT2D eigenvalue weighted by Gasteiger charge is 2.13. The van der Waals surface area contributed by atoms with Gasteiger partial charge in [0, 0.05) is 14.7 Å². The summed E-state index contributed by atoms with van der Waals surface area (Å²) in [5, 5.41) is 4.91. The molecule has 0 fully saturated rings. The van der Waals surface area contributed by atoms with Crippen LogP contribution in [0.3, 0.4) is 0 Å². The van der Waals surface area contributed by atoms with E-state index in [0.717, 1.165) is 14.9 Å². The number of primary amides is 1. The number of carbonyl (C=O) groups excluding carboxylic acids is 2. The molecule has 3 rings (SSSR count). The second kappa shape index (κ2) is 7.25. The number of anilines is 1. The van der Waals surface area contributed by atoms with Crippen molar-refractivity contribution in [2.24, 2.45) is 5.73 Å². The Kier molecular flexibility index (Phi) is 5.08. The molecule has 1 aromatic carbocycles. The first-order valence-corrected chi connectivity index (χ1v) is 9.40. The number of hydrogen-bond acceptors (Lipinski definition) is 5. The van der Waals surface area contributed by atoms with Gasteiger partial charge < -0.3 is 5.73 Å². The van der Waals surface area contributed by atoms with E-state index in [1.54, 1.807) is 11.4 Å². The normalized spacial score (nSPS) is 10.5. The maximum absolute atomic E-state index is 12.3. The van der Waals surface area contributed by atoms with Crippen molar-refractivity contribution in [1.82, 2.24) is 4.98 Å². The first-order valence-electron chi connectivity index (χ1n) is 6.91. The molecule has 0 atom stereocenters. The third-order valence-electron chi connectivity index (χ3n) is 3.09. The Hall–Kier alpha value is -2.03. The van der Waals surface area contributed by atoms with Crippen molar-refractivity contribution in [3.05, 3.63) is 56.8 Å². The van der Waals surface area contributed by atoms with Gasteiger partial charge >= 0.3 is 0 Å². The van der Waals surface area contributed by atoms with Gasteiger partial charge in [0.2, 0.25) is 5.91 Å². The number of benzene rings is 1. The van der Waals surface area contributed by atoms with Crippen LogP contribution in [0.1, 0.15) is 15.4 Å². The molecule has 0 aliphatic carbocycles. The Morgan fingerprint density at radius 3 is 2.62 bits per heavy atom. The Morgan fingerprint density at radius 2 is 1.92 bits per heavy atom. The van der Waals surface area contributed by atoms with Crippen LogP contribution in [0.25, 0.3) is 10.4 Å². The summed E-state index contributed by atoms with van der Waals surface area (Å²) in [6.45, 7) is 0. The number of rotatable bonds is 5. The number of halogens is 1. The van der Waals surface area contributed by atoms with Crippen LogP contribution >= 0.6 is 38.6 Å². The van der Waals surface area contributed by atoms with Crippen molar-refractivity contribution in [2.75, 3.05) is 5.32 Å². The summed E-state index contributed by atoms with van der Waals surface area (Å²) >= 11 is 6.08. The molecule has 0 saturated heterocycles. The molecule has 2 amide bonds. The second-order valence-corrected chi connectivity index (χ2v) is 7.77. The van der Waals surface area contributed by atoms with Gasteiger partial charge in [0.1, 0.15) is 0 Å². The Morgan fingerprint density at radius 1 is 1.17 bits per heavy atom. The van der Waals surface area contributed by atoms with Gasteiger partial charge in [-0.25, -0.2) is 4.98 Å². The standard InChI is InChI=1S/C16H12BrN3O2S2/c17-10-3-1-9(2-4-10)12-5-6-13(24-12)15(22)20-16-19-11(8-23-16)7-14(18)21/h1-6,8H,7H2,(H2,18,21)(H,19,20,22). The molecule has 0 bridgehead atoms. The Bertz CT molecular complexity index is 887. The second-order valence-electron chi connectivity index (χ2n) is 4.91. The van der Waals surface area contributed by atoms with Gasteiger partial charge in [-0.1, -0.05) is 28.1 Å². The lowest BCUT2D eigenvalue weighted by Gasteiger charge is -1.99. The quantitative estimate of drug-likeness (QED) is 0.654. The molecule has 0 radical (unpaired) electrons. The number of thiophene rings is 1. The lowest BCUT2D eigenvalue weighted by atomic mass is 10.2. The molecule has 122 valence electrons. The SMILES string of the molecule is NC(=O)Cc1csc(NC(=O)c2ccc(-c3ccc(Br)cc3)s2)n1. The van der Waals surface area contributed by atoms with Crippen LogP contribution in [0.15, 0.2) is 46.3 Å². The molecule has 2 aromatic heterocycles. The first-order chi connectivity index (χ1) is 11.5. The van der Waals surface area contributed by atoms with Gasteiger partial charge in [-0.2, -0.15) is 0 Å². The zero-order valence-corrected chi connectivity index (χ0v) is 15.5. The zero-order chi connectivity index (χ0) is 17.1. The van der Waals surface area contributed by atoms with E-state index >= 15 is 0 Å². The zero-order valence-electron chi connectivity index (χ0n) is 12.3. The summed E-state index contributed by atoms with van der Waals surface area (Å²) in [5.74, 6) is -0.668. The number of amides is 2. The highest BCUT2D eigenvalue weighted by Crippen LogP contribution is 2.29. The fourth-order valence-corrected chi connectivity index (χ4v) is 3.89. The number of nitrogens with zero attached hydrogens (tertiary/aromatic N) is 1. The molecule has 0 aliphatic heterocycles. The molecule has 3 N–H and O–H groups in total. The molecule has 3 aromatic rings. The van der Waals surface area contributed by atoms with Crippen molar-refractivity contribution < 1.29 is 9.59 Å². The number of nitrogens with two attached hydrogens (primary N) is 1.